The average molecular weight is 359 g/mol. The summed E-state index contributed by atoms with van der Waals surface area (Å²) in [6.45, 7) is 4.52. The topological polar surface area (TPSA) is 92.0 Å². The lowest BCUT2D eigenvalue weighted by molar-refractivity contribution is 0.477. The zero-order valence-electron chi connectivity index (χ0n) is 15.3. The second-order valence-corrected chi connectivity index (χ2v) is 6.95. The fourth-order valence-electron chi connectivity index (χ4n) is 3.57. The number of nitrogens with zero attached hydrogens (tertiary/aromatic N) is 1. The van der Waals surface area contributed by atoms with Crippen molar-refractivity contribution in [1.82, 2.24) is 9.97 Å². The Kier molecular flexibility index (Phi) is 4.16. The number of aromatic amines is 1. The van der Waals surface area contributed by atoms with Crippen molar-refractivity contribution >= 4 is 21.8 Å². The van der Waals surface area contributed by atoms with E-state index in [4.69, 9.17) is 5.73 Å². The predicted molar refractivity (Wildman–Crippen MR) is 109 cm³/mol. The summed E-state index contributed by atoms with van der Waals surface area (Å²) in [4.78, 5) is 19.9. The van der Waals surface area contributed by atoms with E-state index in [1.165, 1.54) is 0 Å². The maximum Gasteiger partial charge on any atom is 0.257 e. The Morgan fingerprint density at radius 1 is 1.22 bits per heavy atom. The molecule has 1 unspecified atom stereocenters. The lowest BCUT2D eigenvalue weighted by atomic mass is 9.93. The van der Waals surface area contributed by atoms with Gasteiger partial charge in [0, 0.05) is 17.1 Å². The molecule has 4 N–H and O–H groups in total. The summed E-state index contributed by atoms with van der Waals surface area (Å²) < 4.78 is 0. The fourth-order valence-corrected chi connectivity index (χ4v) is 3.57. The van der Waals surface area contributed by atoms with Crippen LogP contribution in [0.15, 0.2) is 53.5 Å². The van der Waals surface area contributed by atoms with E-state index < -0.39 is 0 Å². The van der Waals surface area contributed by atoms with E-state index in [-0.39, 0.29) is 17.2 Å². The van der Waals surface area contributed by atoms with Crippen molar-refractivity contribution in [2.75, 3.05) is 6.54 Å². The molecular weight excluding hydrogens is 338 g/mol. The predicted octanol–water partition coefficient (Wildman–Crippen LogP) is 3.82. The van der Waals surface area contributed by atoms with Gasteiger partial charge in [-0.2, -0.15) is 0 Å². The zero-order valence-corrected chi connectivity index (χ0v) is 15.3. The van der Waals surface area contributed by atoms with E-state index in [1.807, 2.05) is 31.2 Å². The van der Waals surface area contributed by atoms with Crippen molar-refractivity contribution in [2.45, 2.75) is 19.8 Å². The average Bonchev–Trinajstić information content (AvgIpc) is 2.69. The van der Waals surface area contributed by atoms with Crippen molar-refractivity contribution in [3.8, 4) is 16.9 Å². The summed E-state index contributed by atoms with van der Waals surface area (Å²) >= 11 is 0. The highest BCUT2D eigenvalue weighted by Crippen LogP contribution is 2.40. The first-order valence-corrected chi connectivity index (χ1v) is 8.95. The molecule has 0 fully saturated rings. The summed E-state index contributed by atoms with van der Waals surface area (Å²) in [5.74, 6) is 0.430. The molecule has 2 heterocycles. The number of nitrogens with two attached hydrogens (primary N) is 1. The molecule has 0 spiro atoms. The standard InChI is InChI=1S/C22H21N3O2/c1-12-10-17(26)18(15-7-5-14(6-8-15)13(2)11-23)19-20(12)25-22(27)16-4-3-9-24-21(16)19/h3-10,13,26H,11,23H2,1-2H3,(H,25,27). The minimum absolute atomic E-state index is 0.165. The van der Waals surface area contributed by atoms with E-state index in [0.29, 0.717) is 28.5 Å². The summed E-state index contributed by atoms with van der Waals surface area (Å²) in [7, 11) is 0. The van der Waals surface area contributed by atoms with Crippen molar-refractivity contribution in [1.29, 1.82) is 0 Å². The summed E-state index contributed by atoms with van der Waals surface area (Å²) in [5.41, 5.74) is 10.3. The van der Waals surface area contributed by atoms with Gasteiger partial charge in [-0.05, 0) is 54.3 Å². The lowest BCUT2D eigenvalue weighted by Crippen LogP contribution is -2.09. The van der Waals surface area contributed by atoms with E-state index in [9.17, 15) is 9.90 Å². The minimum atomic E-state index is -0.183. The molecule has 27 heavy (non-hydrogen) atoms. The van der Waals surface area contributed by atoms with Crippen LogP contribution in [0.5, 0.6) is 5.75 Å². The molecule has 4 aromatic rings. The molecule has 2 aromatic heterocycles. The van der Waals surface area contributed by atoms with Gasteiger partial charge in [-0.15, -0.1) is 0 Å². The number of aromatic hydroxyl groups is 1. The van der Waals surface area contributed by atoms with Crippen LogP contribution in [0.1, 0.15) is 24.0 Å². The molecule has 0 bridgehead atoms. The molecule has 5 heteroatoms. The van der Waals surface area contributed by atoms with Crippen molar-refractivity contribution < 1.29 is 5.11 Å². The highest BCUT2D eigenvalue weighted by molar-refractivity contribution is 6.13. The molecule has 136 valence electrons. The smallest absolute Gasteiger partial charge is 0.257 e. The van der Waals surface area contributed by atoms with Crippen LogP contribution in [-0.2, 0) is 0 Å². The number of aryl methyl sites for hydroxylation is 1. The molecule has 2 aromatic carbocycles. The number of hydrogen-bond donors (Lipinski definition) is 3. The van der Waals surface area contributed by atoms with E-state index in [2.05, 4.69) is 16.9 Å². The molecule has 0 aliphatic carbocycles. The second kappa shape index (κ2) is 6.52. The number of phenolic OH excluding ortho intramolecular Hbond substituents is 1. The van der Waals surface area contributed by atoms with Crippen LogP contribution in [0.25, 0.3) is 32.9 Å². The molecular formula is C22H21N3O2. The Morgan fingerprint density at radius 3 is 2.67 bits per heavy atom. The van der Waals surface area contributed by atoms with Gasteiger partial charge in [0.05, 0.1) is 16.4 Å². The Hall–Kier alpha value is -3.18. The van der Waals surface area contributed by atoms with E-state index in [0.717, 1.165) is 22.1 Å². The Bertz CT molecular complexity index is 1210. The summed E-state index contributed by atoms with van der Waals surface area (Å²) in [5, 5.41) is 12.0. The van der Waals surface area contributed by atoms with Gasteiger partial charge in [0.25, 0.3) is 5.56 Å². The highest BCUT2D eigenvalue weighted by atomic mass is 16.3. The zero-order chi connectivity index (χ0) is 19.1. The number of fused-ring (bicyclic) bond motifs is 3. The molecule has 0 radical (unpaired) electrons. The number of aromatic nitrogens is 2. The molecule has 0 aliphatic heterocycles. The van der Waals surface area contributed by atoms with Crippen LogP contribution in [-0.4, -0.2) is 21.6 Å². The SMILES string of the molecule is Cc1cc(O)c(-c2ccc(C(C)CN)cc2)c2c1[nH]c(=O)c1cccnc12. The third kappa shape index (κ3) is 2.76. The minimum Gasteiger partial charge on any atom is -0.507 e. The maximum absolute atomic E-state index is 12.5. The van der Waals surface area contributed by atoms with Crippen LogP contribution in [0.3, 0.4) is 0 Å². The first-order valence-electron chi connectivity index (χ1n) is 8.95. The summed E-state index contributed by atoms with van der Waals surface area (Å²) in [6.07, 6.45) is 1.66. The van der Waals surface area contributed by atoms with Gasteiger partial charge in [0.1, 0.15) is 5.75 Å². The van der Waals surface area contributed by atoms with Crippen LogP contribution in [0.4, 0.5) is 0 Å². The number of benzene rings is 2. The molecule has 0 aliphatic rings. The first-order chi connectivity index (χ1) is 13.0. The normalized spacial score (nSPS) is 12.6. The van der Waals surface area contributed by atoms with Gasteiger partial charge in [-0.3, -0.25) is 9.78 Å². The maximum atomic E-state index is 12.5. The largest absolute Gasteiger partial charge is 0.507 e. The third-order valence-corrected chi connectivity index (χ3v) is 5.15. The number of rotatable bonds is 3. The quantitative estimate of drug-likeness (QED) is 0.485. The van der Waals surface area contributed by atoms with Gasteiger partial charge in [-0.25, -0.2) is 0 Å². The Morgan fingerprint density at radius 2 is 1.96 bits per heavy atom. The van der Waals surface area contributed by atoms with Crippen LogP contribution < -0.4 is 11.3 Å². The molecule has 0 amide bonds. The van der Waals surface area contributed by atoms with Crippen LogP contribution >= 0.6 is 0 Å². The Labute approximate surface area is 156 Å². The van der Waals surface area contributed by atoms with Crippen LogP contribution in [0, 0.1) is 6.92 Å². The first kappa shape index (κ1) is 17.2. The van der Waals surface area contributed by atoms with E-state index in [1.54, 1.807) is 24.4 Å². The third-order valence-electron chi connectivity index (χ3n) is 5.15. The number of nitrogens with one attached hydrogen (secondary N) is 1. The highest BCUT2D eigenvalue weighted by Gasteiger charge is 2.17. The number of phenols is 1. The second-order valence-electron chi connectivity index (χ2n) is 6.95. The van der Waals surface area contributed by atoms with Crippen molar-refractivity contribution in [2.24, 2.45) is 5.73 Å². The van der Waals surface area contributed by atoms with E-state index >= 15 is 0 Å². The van der Waals surface area contributed by atoms with Crippen molar-refractivity contribution in [3.63, 3.8) is 0 Å². The van der Waals surface area contributed by atoms with Gasteiger partial charge in [0.2, 0.25) is 0 Å². The van der Waals surface area contributed by atoms with Crippen molar-refractivity contribution in [3.05, 3.63) is 70.1 Å². The summed E-state index contributed by atoms with van der Waals surface area (Å²) in [6, 6.07) is 13.2. The molecule has 5 nitrogen and oxygen atoms in total. The molecule has 0 saturated heterocycles. The van der Waals surface area contributed by atoms with Gasteiger partial charge in [0.15, 0.2) is 0 Å². The number of hydrogen-bond acceptors (Lipinski definition) is 4. The van der Waals surface area contributed by atoms with Crippen LogP contribution in [0.2, 0.25) is 0 Å². The van der Waals surface area contributed by atoms with Gasteiger partial charge in [-0.1, -0.05) is 31.2 Å². The fraction of sp³-hybridized carbons (Fsp3) is 0.182. The molecule has 4 rings (SSSR count). The molecule has 0 saturated carbocycles. The number of H-pyrrole nitrogens is 1. The molecule has 1 atom stereocenters. The Balaban J connectivity index is 2.09. The monoisotopic (exact) mass is 359 g/mol. The number of pyridine rings is 2. The van der Waals surface area contributed by atoms with Gasteiger partial charge < -0.3 is 15.8 Å². The lowest BCUT2D eigenvalue weighted by Gasteiger charge is -2.15. The van der Waals surface area contributed by atoms with Gasteiger partial charge >= 0.3 is 0 Å².